The van der Waals surface area contributed by atoms with E-state index in [-0.39, 0.29) is 12.2 Å². The van der Waals surface area contributed by atoms with Crippen molar-refractivity contribution in [1.29, 1.82) is 0 Å². The highest BCUT2D eigenvalue weighted by atomic mass is 16.4. The Labute approximate surface area is 128 Å². The summed E-state index contributed by atoms with van der Waals surface area (Å²) >= 11 is 0. The van der Waals surface area contributed by atoms with Gasteiger partial charge in [0.25, 0.3) is 0 Å². The summed E-state index contributed by atoms with van der Waals surface area (Å²) in [4.78, 5) is 10.7. The number of aliphatic hydroxyl groups is 2. The Kier molecular flexibility index (Phi) is 9.34. The average Bonchev–Trinajstić information content (AvgIpc) is 2.41. The van der Waals surface area contributed by atoms with Crippen LogP contribution in [0.15, 0.2) is 11.3 Å². The molecule has 0 rings (SSSR count). The molecule has 0 amide bonds. The molecule has 0 radical (unpaired) electrons. The topological polar surface area (TPSA) is 77.8 Å². The summed E-state index contributed by atoms with van der Waals surface area (Å²) in [6, 6.07) is 0. The van der Waals surface area contributed by atoms with Gasteiger partial charge in [-0.2, -0.15) is 0 Å². The molecular formula is C17H32O4. The van der Waals surface area contributed by atoms with Gasteiger partial charge in [0.15, 0.2) is 0 Å². The normalized spacial score (nSPS) is 17.0. The lowest BCUT2D eigenvalue weighted by Crippen LogP contribution is -2.31. The van der Waals surface area contributed by atoms with Gasteiger partial charge in [0.2, 0.25) is 0 Å². The molecule has 21 heavy (non-hydrogen) atoms. The van der Waals surface area contributed by atoms with Crippen LogP contribution in [-0.4, -0.2) is 26.9 Å². The maximum Gasteiger partial charge on any atom is 0.311 e. The quantitative estimate of drug-likeness (QED) is 0.493. The first-order valence-electron chi connectivity index (χ1n) is 8.11. The fraction of sp³-hybridized carbons (Fsp3) is 0.824. The zero-order valence-corrected chi connectivity index (χ0v) is 14.0. The molecule has 0 bridgehead atoms. The molecule has 4 heteroatoms. The van der Waals surface area contributed by atoms with Crippen LogP contribution in [0.3, 0.4) is 0 Å². The van der Waals surface area contributed by atoms with E-state index in [1.165, 1.54) is 0 Å². The number of carboxylic acid groups (broad SMARTS) is 1. The van der Waals surface area contributed by atoms with Crippen molar-refractivity contribution in [2.75, 3.05) is 0 Å². The first-order valence-corrected chi connectivity index (χ1v) is 8.11. The Hall–Kier alpha value is -1.03. The maximum atomic E-state index is 10.8. The lowest BCUT2D eigenvalue weighted by atomic mass is 9.81. The lowest BCUT2D eigenvalue weighted by Gasteiger charge is -2.31. The minimum absolute atomic E-state index is 0.0990. The fourth-order valence-electron chi connectivity index (χ4n) is 2.74. The first-order chi connectivity index (χ1) is 9.77. The number of hydrogen-bond donors (Lipinski definition) is 3. The Morgan fingerprint density at radius 3 is 2.24 bits per heavy atom. The molecule has 0 aromatic rings. The molecule has 0 spiro atoms. The standard InChI is InChI=1S/C17H32O4/c1-5-8-9-13(4)11-17(21,7-3)12-14(6-2)15(18)10-16(19)20/h13,18,21H,5-12H2,1-4H3,(H,19,20)/b15-14-. The third kappa shape index (κ3) is 8.10. The number of hydrogen-bond acceptors (Lipinski definition) is 3. The van der Waals surface area contributed by atoms with Gasteiger partial charge in [-0.05, 0) is 30.8 Å². The molecule has 0 saturated heterocycles. The zero-order valence-electron chi connectivity index (χ0n) is 14.0. The number of rotatable bonds is 11. The van der Waals surface area contributed by atoms with E-state index in [0.29, 0.717) is 37.2 Å². The molecule has 0 aliphatic heterocycles. The smallest absolute Gasteiger partial charge is 0.311 e. The van der Waals surface area contributed by atoms with Crippen molar-refractivity contribution in [2.45, 2.75) is 84.7 Å². The summed E-state index contributed by atoms with van der Waals surface area (Å²) < 4.78 is 0. The summed E-state index contributed by atoms with van der Waals surface area (Å²) in [5.74, 6) is -0.720. The molecule has 124 valence electrons. The van der Waals surface area contributed by atoms with Crippen LogP contribution in [0.2, 0.25) is 0 Å². The minimum atomic E-state index is -1.05. The Balaban J connectivity index is 4.86. The van der Waals surface area contributed by atoms with Crippen molar-refractivity contribution in [3.05, 3.63) is 11.3 Å². The average molecular weight is 300 g/mol. The molecule has 4 nitrogen and oxygen atoms in total. The summed E-state index contributed by atoms with van der Waals surface area (Å²) in [5, 5.41) is 29.5. The van der Waals surface area contributed by atoms with Crippen molar-refractivity contribution in [3.63, 3.8) is 0 Å². The summed E-state index contributed by atoms with van der Waals surface area (Å²) in [6.45, 7) is 8.11. The van der Waals surface area contributed by atoms with E-state index in [9.17, 15) is 15.0 Å². The van der Waals surface area contributed by atoms with Gasteiger partial charge in [-0.15, -0.1) is 0 Å². The van der Waals surface area contributed by atoms with Crippen molar-refractivity contribution >= 4 is 5.97 Å². The van der Waals surface area contributed by atoms with Crippen LogP contribution >= 0.6 is 0 Å². The van der Waals surface area contributed by atoms with E-state index >= 15 is 0 Å². The second-order valence-electron chi connectivity index (χ2n) is 6.18. The van der Waals surface area contributed by atoms with E-state index in [4.69, 9.17) is 5.11 Å². The van der Waals surface area contributed by atoms with Gasteiger partial charge in [-0.1, -0.05) is 47.0 Å². The number of unbranched alkanes of at least 4 members (excludes halogenated alkanes) is 1. The highest BCUT2D eigenvalue weighted by molar-refractivity contribution is 5.69. The lowest BCUT2D eigenvalue weighted by molar-refractivity contribution is -0.136. The van der Waals surface area contributed by atoms with Gasteiger partial charge < -0.3 is 15.3 Å². The van der Waals surface area contributed by atoms with Crippen LogP contribution < -0.4 is 0 Å². The van der Waals surface area contributed by atoms with E-state index in [0.717, 1.165) is 19.3 Å². The van der Waals surface area contributed by atoms with Crippen LogP contribution in [0.1, 0.15) is 79.1 Å². The second-order valence-corrected chi connectivity index (χ2v) is 6.18. The van der Waals surface area contributed by atoms with Crippen LogP contribution in [0.4, 0.5) is 0 Å². The molecule has 0 aliphatic rings. The fourth-order valence-corrected chi connectivity index (χ4v) is 2.74. The van der Waals surface area contributed by atoms with Gasteiger partial charge >= 0.3 is 5.97 Å². The van der Waals surface area contributed by atoms with E-state index in [2.05, 4.69) is 13.8 Å². The van der Waals surface area contributed by atoms with Gasteiger partial charge in [0.1, 0.15) is 12.2 Å². The molecule has 0 saturated carbocycles. The van der Waals surface area contributed by atoms with Crippen LogP contribution in [0.25, 0.3) is 0 Å². The SMILES string of the molecule is CCCCC(C)CC(O)(CC)C/C(CC)=C(\O)CC(=O)O. The molecule has 0 aliphatic carbocycles. The zero-order chi connectivity index (χ0) is 16.5. The van der Waals surface area contributed by atoms with Gasteiger partial charge in [0, 0.05) is 6.42 Å². The van der Waals surface area contributed by atoms with E-state index < -0.39 is 11.6 Å². The molecule has 2 atom stereocenters. The predicted molar refractivity (Wildman–Crippen MR) is 85.4 cm³/mol. The molecule has 0 fully saturated rings. The van der Waals surface area contributed by atoms with E-state index in [1.54, 1.807) is 0 Å². The number of carboxylic acids is 1. The first kappa shape index (κ1) is 20.0. The molecule has 2 unspecified atom stereocenters. The van der Waals surface area contributed by atoms with Crippen LogP contribution in [-0.2, 0) is 4.79 Å². The van der Waals surface area contributed by atoms with Crippen LogP contribution in [0.5, 0.6) is 0 Å². The van der Waals surface area contributed by atoms with E-state index in [1.807, 2.05) is 13.8 Å². The second kappa shape index (κ2) is 9.82. The third-order valence-corrected chi connectivity index (χ3v) is 4.13. The Morgan fingerprint density at radius 2 is 1.81 bits per heavy atom. The largest absolute Gasteiger partial charge is 0.512 e. The predicted octanol–water partition coefficient (Wildman–Crippen LogP) is 4.43. The maximum absolute atomic E-state index is 10.8. The third-order valence-electron chi connectivity index (χ3n) is 4.13. The molecular weight excluding hydrogens is 268 g/mol. The summed E-state index contributed by atoms with van der Waals surface area (Å²) in [7, 11) is 0. The molecule has 0 aromatic heterocycles. The monoisotopic (exact) mass is 300 g/mol. The Morgan fingerprint density at radius 1 is 1.19 bits per heavy atom. The minimum Gasteiger partial charge on any atom is -0.512 e. The number of aliphatic hydroxyl groups excluding tert-OH is 1. The van der Waals surface area contributed by atoms with Crippen molar-refractivity contribution in [3.8, 4) is 0 Å². The Bertz CT molecular complexity index is 349. The number of carbonyl (C=O) groups is 1. The number of aliphatic carboxylic acids is 1. The highest BCUT2D eigenvalue weighted by Crippen LogP contribution is 2.32. The molecule has 0 heterocycles. The van der Waals surface area contributed by atoms with Gasteiger partial charge in [0.05, 0.1) is 5.60 Å². The van der Waals surface area contributed by atoms with Crippen molar-refractivity contribution in [1.82, 2.24) is 0 Å². The molecule has 0 aromatic carbocycles. The van der Waals surface area contributed by atoms with Gasteiger partial charge in [-0.3, -0.25) is 4.79 Å². The van der Waals surface area contributed by atoms with Crippen LogP contribution in [0, 0.1) is 5.92 Å². The van der Waals surface area contributed by atoms with Gasteiger partial charge in [-0.25, -0.2) is 0 Å². The highest BCUT2D eigenvalue weighted by Gasteiger charge is 2.29. The summed E-state index contributed by atoms with van der Waals surface area (Å²) in [5.41, 5.74) is -0.199. The summed E-state index contributed by atoms with van der Waals surface area (Å²) in [6.07, 6.45) is 5.23. The molecule has 3 N–H and O–H groups in total. The van der Waals surface area contributed by atoms with Crippen molar-refractivity contribution in [2.24, 2.45) is 5.92 Å². The van der Waals surface area contributed by atoms with Crippen molar-refractivity contribution < 1.29 is 20.1 Å².